The van der Waals surface area contributed by atoms with Gasteiger partial charge in [0.15, 0.2) is 0 Å². The second-order valence-corrected chi connectivity index (χ2v) is 11.2. The summed E-state index contributed by atoms with van der Waals surface area (Å²) in [7, 11) is 0. The molecule has 43 heavy (non-hydrogen) atoms. The van der Waals surface area contributed by atoms with Gasteiger partial charge in [0, 0.05) is 58.9 Å². The normalized spacial score (nSPS) is 15.3. The molecule has 0 amide bonds. The molecule has 0 radical (unpaired) electrons. The number of hydrogen-bond acceptors (Lipinski definition) is 4. The van der Waals surface area contributed by atoms with E-state index in [4.69, 9.17) is 10.1 Å². The second-order valence-electron chi connectivity index (χ2n) is 11.2. The van der Waals surface area contributed by atoms with Crippen molar-refractivity contribution in [1.29, 1.82) is 0 Å². The Bertz CT molecular complexity index is 1980. The quantitative estimate of drug-likeness (QED) is 0.185. The third-order valence-electron chi connectivity index (χ3n) is 8.74. The second kappa shape index (κ2) is 11.4. The lowest BCUT2D eigenvalue weighted by molar-refractivity contribution is 0.700. The molecule has 0 saturated carbocycles. The molecule has 3 heterocycles. The van der Waals surface area contributed by atoms with Crippen molar-refractivity contribution in [2.24, 2.45) is 5.10 Å². The summed E-state index contributed by atoms with van der Waals surface area (Å²) in [6.07, 6.45) is 5.19. The van der Waals surface area contributed by atoms with Crippen molar-refractivity contribution in [1.82, 2.24) is 9.55 Å². The molecule has 214 valence electrons. The topological polar surface area (TPSA) is 36.7 Å². The highest BCUT2D eigenvalue weighted by Gasteiger charge is 2.29. The Kier molecular flexibility index (Phi) is 7.15. The van der Waals surface area contributed by atoms with Gasteiger partial charge in [0.1, 0.15) is 5.82 Å². The zero-order valence-electron chi connectivity index (χ0n) is 25.1. The van der Waals surface area contributed by atoms with Crippen molar-refractivity contribution in [3.05, 3.63) is 120 Å². The van der Waals surface area contributed by atoms with Gasteiger partial charge in [-0.25, -0.2) is 9.99 Å². The highest BCUT2D eigenvalue weighted by molar-refractivity contribution is 6.09. The van der Waals surface area contributed by atoms with Crippen LogP contribution < -0.4 is 9.91 Å². The van der Waals surface area contributed by atoms with Crippen LogP contribution in [0.25, 0.3) is 38.8 Å². The minimum absolute atomic E-state index is 0.0732. The number of anilines is 2. The number of nitrogens with zero attached hydrogens (tertiary/aromatic N) is 5. The molecular weight excluding hydrogens is 526 g/mol. The molecule has 2 aromatic heterocycles. The van der Waals surface area contributed by atoms with Crippen LogP contribution in [0.3, 0.4) is 0 Å². The Labute approximate surface area is 253 Å². The zero-order valence-corrected chi connectivity index (χ0v) is 25.1. The van der Waals surface area contributed by atoms with E-state index in [9.17, 15) is 0 Å². The molecular formula is C38H37N5. The fourth-order valence-corrected chi connectivity index (χ4v) is 6.49. The molecule has 0 aliphatic carbocycles. The van der Waals surface area contributed by atoms with Gasteiger partial charge in [-0.05, 0) is 86.5 Å². The van der Waals surface area contributed by atoms with Gasteiger partial charge in [-0.3, -0.25) is 0 Å². The van der Waals surface area contributed by atoms with Crippen LogP contribution in [0.2, 0.25) is 0 Å². The average molecular weight is 564 g/mol. The Morgan fingerprint density at radius 2 is 1.53 bits per heavy atom. The number of benzene rings is 4. The van der Waals surface area contributed by atoms with E-state index in [-0.39, 0.29) is 6.04 Å². The lowest BCUT2D eigenvalue weighted by Gasteiger charge is -2.25. The molecule has 7 rings (SSSR count). The summed E-state index contributed by atoms with van der Waals surface area (Å²) in [5, 5.41) is 11.0. The van der Waals surface area contributed by atoms with Crippen molar-refractivity contribution in [3.63, 3.8) is 0 Å². The van der Waals surface area contributed by atoms with Gasteiger partial charge >= 0.3 is 0 Å². The van der Waals surface area contributed by atoms with Crippen LogP contribution in [0.5, 0.6) is 0 Å². The van der Waals surface area contributed by atoms with E-state index in [1.165, 1.54) is 38.6 Å². The molecule has 0 bridgehead atoms. The Morgan fingerprint density at radius 1 is 0.767 bits per heavy atom. The monoisotopic (exact) mass is 563 g/mol. The SMILES string of the molecule is CCN(CC)c1ccc(C2CC(C=Cc3ccc4c(c3)c3ccccc3n4CC)=NN2c2ccc3ccccc3n2)cc1. The van der Waals surface area contributed by atoms with Gasteiger partial charge in [0.05, 0.1) is 17.3 Å². The maximum absolute atomic E-state index is 5.14. The van der Waals surface area contributed by atoms with E-state index in [2.05, 4.69) is 144 Å². The molecule has 0 saturated heterocycles. The predicted molar refractivity (Wildman–Crippen MR) is 183 cm³/mol. The highest BCUT2D eigenvalue weighted by Crippen LogP contribution is 2.36. The highest BCUT2D eigenvalue weighted by atomic mass is 15.5. The smallest absolute Gasteiger partial charge is 0.150 e. The van der Waals surface area contributed by atoms with Gasteiger partial charge in [-0.15, -0.1) is 0 Å². The Hall–Kier alpha value is -4.90. The first-order valence-electron chi connectivity index (χ1n) is 15.4. The summed E-state index contributed by atoms with van der Waals surface area (Å²) in [6, 6.07) is 37.0. The molecule has 0 spiro atoms. The zero-order chi connectivity index (χ0) is 29.3. The lowest BCUT2D eigenvalue weighted by atomic mass is 10.0. The van der Waals surface area contributed by atoms with E-state index in [0.29, 0.717) is 0 Å². The van der Waals surface area contributed by atoms with Gasteiger partial charge in [-0.1, -0.05) is 60.7 Å². The minimum Gasteiger partial charge on any atom is -0.372 e. The van der Waals surface area contributed by atoms with Crippen LogP contribution >= 0.6 is 0 Å². The number of para-hydroxylation sites is 2. The van der Waals surface area contributed by atoms with Gasteiger partial charge in [0.25, 0.3) is 0 Å². The van der Waals surface area contributed by atoms with Crippen molar-refractivity contribution in [3.8, 4) is 0 Å². The van der Waals surface area contributed by atoms with Crippen LogP contribution in [-0.2, 0) is 6.54 Å². The molecule has 1 atom stereocenters. The first-order chi connectivity index (χ1) is 21.2. The van der Waals surface area contributed by atoms with Crippen LogP contribution in [0, 0.1) is 0 Å². The summed E-state index contributed by atoms with van der Waals surface area (Å²) < 4.78 is 2.39. The fourth-order valence-electron chi connectivity index (χ4n) is 6.49. The van der Waals surface area contributed by atoms with E-state index in [0.717, 1.165) is 48.5 Å². The fraction of sp³-hybridized carbons (Fsp3) is 0.211. The van der Waals surface area contributed by atoms with Crippen molar-refractivity contribution in [2.75, 3.05) is 23.0 Å². The Balaban J connectivity index is 1.24. The largest absolute Gasteiger partial charge is 0.372 e. The first-order valence-corrected chi connectivity index (χ1v) is 15.4. The number of aryl methyl sites for hydroxylation is 1. The molecule has 1 aliphatic rings. The van der Waals surface area contributed by atoms with Crippen molar-refractivity contribution < 1.29 is 0 Å². The molecule has 1 aliphatic heterocycles. The molecule has 4 aromatic carbocycles. The first kappa shape index (κ1) is 27.0. The number of rotatable bonds is 8. The molecule has 6 aromatic rings. The van der Waals surface area contributed by atoms with E-state index >= 15 is 0 Å². The van der Waals surface area contributed by atoms with Crippen molar-refractivity contribution >= 4 is 56.0 Å². The molecule has 5 nitrogen and oxygen atoms in total. The molecule has 0 N–H and O–H groups in total. The van der Waals surface area contributed by atoms with Crippen molar-refractivity contribution in [2.45, 2.75) is 39.8 Å². The number of aromatic nitrogens is 2. The summed E-state index contributed by atoms with van der Waals surface area (Å²) in [5.74, 6) is 0.869. The van der Waals surface area contributed by atoms with Crippen LogP contribution in [0.1, 0.15) is 44.4 Å². The lowest BCUT2D eigenvalue weighted by Crippen LogP contribution is -2.22. The van der Waals surface area contributed by atoms with Gasteiger partial charge in [-0.2, -0.15) is 5.10 Å². The third-order valence-corrected chi connectivity index (χ3v) is 8.74. The van der Waals surface area contributed by atoms with E-state index in [1.54, 1.807) is 0 Å². The standard InChI is InChI=1S/C38H37N5/c1-4-41(5-2)31-21-17-29(18-22-31)37-26-30(40-43(37)38-24-19-28-11-7-9-13-34(28)39-38)20-15-27-16-23-36-33(25-27)32-12-8-10-14-35(32)42(36)6-3/h7-25,37H,4-6,26H2,1-3H3. The van der Waals surface area contributed by atoms with E-state index < -0.39 is 0 Å². The molecule has 1 unspecified atom stereocenters. The van der Waals surface area contributed by atoms with E-state index in [1.807, 2.05) is 6.07 Å². The predicted octanol–water partition coefficient (Wildman–Crippen LogP) is 9.23. The summed E-state index contributed by atoms with van der Waals surface area (Å²) >= 11 is 0. The third kappa shape index (κ3) is 4.95. The maximum atomic E-state index is 5.14. The minimum atomic E-state index is 0.0732. The number of pyridine rings is 1. The number of hydrazone groups is 1. The molecule has 0 fully saturated rings. The summed E-state index contributed by atoms with van der Waals surface area (Å²) in [4.78, 5) is 7.39. The number of hydrogen-bond donors (Lipinski definition) is 0. The average Bonchev–Trinajstić information content (AvgIpc) is 3.63. The van der Waals surface area contributed by atoms with Gasteiger partial charge < -0.3 is 9.47 Å². The Morgan fingerprint density at radius 3 is 2.35 bits per heavy atom. The van der Waals surface area contributed by atoms with Crippen LogP contribution in [-0.4, -0.2) is 28.4 Å². The van der Waals surface area contributed by atoms with Gasteiger partial charge in [0.2, 0.25) is 0 Å². The van der Waals surface area contributed by atoms with Crippen LogP contribution in [0.15, 0.2) is 114 Å². The maximum Gasteiger partial charge on any atom is 0.150 e. The number of allylic oxidation sites excluding steroid dienone is 1. The summed E-state index contributed by atoms with van der Waals surface area (Å²) in [5.41, 5.74) is 8.26. The molecule has 5 heteroatoms. The van der Waals surface area contributed by atoms with Crippen LogP contribution in [0.4, 0.5) is 11.5 Å². The summed E-state index contributed by atoms with van der Waals surface area (Å²) in [6.45, 7) is 9.55. The number of fused-ring (bicyclic) bond motifs is 4.